The van der Waals surface area contributed by atoms with Gasteiger partial charge >= 0.3 is 0 Å². The van der Waals surface area contributed by atoms with Crippen LogP contribution in [-0.4, -0.2) is 11.5 Å². The van der Waals surface area contributed by atoms with Crippen LogP contribution in [0.1, 0.15) is 24.0 Å². The quantitative estimate of drug-likeness (QED) is 0.528. The Labute approximate surface area is 77.5 Å². The molecule has 70 valence electrons. The van der Waals surface area contributed by atoms with Crippen LogP contribution in [0.25, 0.3) is 0 Å². The maximum absolute atomic E-state index is 10.3. The normalized spacial score (nSPS) is 12.5. The third-order valence-electron chi connectivity index (χ3n) is 2.07. The van der Waals surface area contributed by atoms with Crippen molar-refractivity contribution in [1.29, 1.82) is 0 Å². The average molecular weight is 179 g/mol. The van der Waals surface area contributed by atoms with E-state index in [1.54, 1.807) is 0 Å². The van der Waals surface area contributed by atoms with Crippen molar-refractivity contribution in [2.24, 2.45) is 0 Å². The smallest absolute Gasteiger partial charge is 0.210 e. The summed E-state index contributed by atoms with van der Waals surface area (Å²) >= 11 is 0. The first-order chi connectivity index (χ1) is 6.09. The number of nitrogens with zero attached hydrogens (tertiary/aromatic N) is 1. The minimum Gasteiger partial charge on any atom is -0.265 e. The van der Waals surface area contributed by atoms with Crippen molar-refractivity contribution in [2.45, 2.75) is 19.8 Å². The average Bonchev–Trinajstić information content (AvgIpc) is 2.04. The molecule has 0 N–H and O–H groups in total. The highest BCUT2D eigenvalue weighted by molar-refractivity contribution is 5.23. The summed E-state index contributed by atoms with van der Waals surface area (Å²) in [5, 5.41) is 10.3. The van der Waals surface area contributed by atoms with Crippen molar-refractivity contribution < 1.29 is 4.92 Å². The summed E-state index contributed by atoms with van der Waals surface area (Å²) in [5.74, 6) is -0.00407. The van der Waals surface area contributed by atoms with Crippen molar-refractivity contribution >= 4 is 0 Å². The van der Waals surface area contributed by atoms with E-state index in [1.807, 2.05) is 38.1 Å². The van der Waals surface area contributed by atoms with Gasteiger partial charge in [0.2, 0.25) is 6.54 Å². The first-order valence-corrected chi connectivity index (χ1v) is 4.28. The van der Waals surface area contributed by atoms with Gasteiger partial charge in [-0.1, -0.05) is 36.8 Å². The molecule has 0 spiro atoms. The fourth-order valence-electron chi connectivity index (χ4n) is 1.22. The van der Waals surface area contributed by atoms with E-state index in [0.29, 0.717) is 0 Å². The number of aryl methyl sites for hydroxylation is 1. The maximum Gasteiger partial charge on any atom is 0.210 e. The summed E-state index contributed by atoms with van der Waals surface area (Å²) in [6, 6.07) is 7.85. The Balaban J connectivity index is 2.71. The predicted octanol–water partition coefficient (Wildman–Crippen LogP) is 2.38. The molecule has 0 aliphatic heterocycles. The second-order valence-corrected chi connectivity index (χ2v) is 3.33. The molecule has 13 heavy (non-hydrogen) atoms. The van der Waals surface area contributed by atoms with E-state index >= 15 is 0 Å². The molecule has 1 atom stereocenters. The molecule has 1 rings (SSSR count). The van der Waals surface area contributed by atoms with E-state index in [9.17, 15) is 10.1 Å². The van der Waals surface area contributed by atoms with Gasteiger partial charge in [0.05, 0.1) is 0 Å². The van der Waals surface area contributed by atoms with Gasteiger partial charge < -0.3 is 0 Å². The van der Waals surface area contributed by atoms with Gasteiger partial charge in [-0.05, 0) is 12.5 Å². The molecule has 0 radical (unpaired) electrons. The maximum atomic E-state index is 10.3. The molecule has 1 aromatic carbocycles. The Kier molecular flexibility index (Phi) is 3.01. The van der Waals surface area contributed by atoms with E-state index < -0.39 is 0 Å². The van der Waals surface area contributed by atoms with Crippen LogP contribution in [0.2, 0.25) is 0 Å². The molecule has 0 aliphatic rings. The lowest BCUT2D eigenvalue weighted by Crippen LogP contribution is -2.09. The van der Waals surface area contributed by atoms with E-state index in [1.165, 1.54) is 5.56 Å². The molecule has 0 saturated heterocycles. The number of benzene rings is 1. The van der Waals surface area contributed by atoms with Gasteiger partial charge in [0.25, 0.3) is 0 Å². The molecule has 3 heteroatoms. The molecule has 0 saturated carbocycles. The van der Waals surface area contributed by atoms with Crippen LogP contribution in [0.15, 0.2) is 24.3 Å². The second-order valence-electron chi connectivity index (χ2n) is 3.33. The van der Waals surface area contributed by atoms with E-state index in [-0.39, 0.29) is 17.4 Å². The first-order valence-electron chi connectivity index (χ1n) is 4.28. The van der Waals surface area contributed by atoms with Crippen LogP contribution in [0.3, 0.4) is 0 Å². The highest BCUT2D eigenvalue weighted by Gasteiger charge is 2.10. The topological polar surface area (TPSA) is 43.1 Å². The number of rotatable bonds is 3. The van der Waals surface area contributed by atoms with Crippen LogP contribution in [0.5, 0.6) is 0 Å². The molecule has 0 amide bonds. The molecule has 0 heterocycles. The molecule has 0 aromatic heterocycles. The monoisotopic (exact) mass is 179 g/mol. The van der Waals surface area contributed by atoms with Gasteiger partial charge in [0.1, 0.15) is 0 Å². The number of hydrogen-bond acceptors (Lipinski definition) is 2. The Hall–Kier alpha value is -1.38. The van der Waals surface area contributed by atoms with Gasteiger partial charge in [-0.2, -0.15) is 0 Å². The summed E-state index contributed by atoms with van der Waals surface area (Å²) in [6.07, 6.45) is 0. The molecule has 0 unspecified atom stereocenters. The molecule has 3 nitrogen and oxygen atoms in total. The molecular weight excluding hydrogens is 166 g/mol. The summed E-state index contributed by atoms with van der Waals surface area (Å²) in [7, 11) is 0. The fraction of sp³-hybridized carbons (Fsp3) is 0.400. The predicted molar refractivity (Wildman–Crippen MR) is 51.5 cm³/mol. The third-order valence-corrected chi connectivity index (χ3v) is 2.07. The van der Waals surface area contributed by atoms with Crippen molar-refractivity contribution in [2.75, 3.05) is 6.54 Å². The number of nitro groups is 1. The zero-order valence-electron chi connectivity index (χ0n) is 7.86. The van der Waals surface area contributed by atoms with Crippen LogP contribution in [0, 0.1) is 17.0 Å². The lowest BCUT2D eigenvalue weighted by atomic mass is 10.0. The zero-order chi connectivity index (χ0) is 9.84. The molecular formula is C10H13NO2. The van der Waals surface area contributed by atoms with Gasteiger partial charge in [0.15, 0.2) is 0 Å². The second kappa shape index (κ2) is 4.03. The minimum atomic E-state index is -0.273. The van der Waals surface area contributed by atoms with E-state index in [2.05, 4.69) is 0 Å². The summed E-state index contributed by atoms with van der Waals surface area (Å²) in [6.45, 7) is 3.87. The Morgan fingerprint density at radius 3 is 2.38 bits per heavy atom. The largest absolute Gasteiger partial charge is 0.265 e. The third kappa shape index (κ3) is 2.86. The van der Waals surface area contributed by atoms with Gasteiger partial charge in [-0.25, -0.2) is 0 Å². The SMILES string of the molecule is Cc1ccc([C@@H](C)C[N+](=O)[O-])cc1. The van der Waals surface area contributed by atoms with Crippen molar-refractivity contribution in [3.05, 3.63) is 45.5 Å². The Morgan fingerprint density at radius 1 is 1.38 bits per heavy atom. The van der Waals surface area contributed by atoms with Crippen molar-refractivity contribution in [1.82, 2.24) is 0 Å². The zero-order valence-corrected chi connectivity index (χ0v) is 7.86. The lowest BCUT2D eigenvalue weighted by molar-refractivity contribution is -0.482. The van der Waals surface area contributed by atoms with Crippen LogP contribution in [0.4, 0.5) is 0 Å². The summed E-state index contributed by atoms with van der Waals surface area (Å²) in [5.41, 5.74) is 2.21. The van der Waals surface area contributed by atoms with Gasteiger partial charge in [-0.15, -0.1) is 0 Å². The minimum absolute atomic E-state index is 0.00304. The highest BCUT2D eigenvalue weighted by atomic mass is 16.6. The molecule has 0 bridgehead atoms. The summed E-state index contributed by atoms with van der Waals surface area (Å²) in [4.78, 5) is 9.98. The Bertz CT molecular complexity index is 292. The highest BCUT2D eigenvalue weighted by Crippen LogP contribution is 2.15. The molecule has 0 aliphatic carbocycles. The van der Waals surface area contributed by atoms with Crippen molar-refractivity contribution in [3.8, 4) is 0 Å². The first kappa shape index (κ1) is 9.71. The fourth-order valence-corrected chi connectivity index (χ4v) is 1.22. The van der Waals surface area contributed by atoms with E-state index in [0.717, 1.165) is 5.56 Å². The lowest BCUT2D eigenvalue weighted by Gasteiger charge is -2.06. The van der Waals surface area contributed by atoms with Crippen molar-refractivity contribution in [3.63, 3.8) is 0 Å². The van der Waals surface area contributed by atoms with E-state index in [4.69, 9.17) is 0 Å². The molecule has 1 aromatic rings. The number of hydrogen-bond donors (Lipinski definition) is 0. The molecule has 0 fully saturated rings. The van der Waals surface area contributed by atoms with Gasteiger partial charge in [-0.3, -0.25) is 10.1 Å². The standard InChI is InChI=1S/C10H13NO2/c1-8-3-5-10(6-4-8)9(2)7-11(12)13/h3-6,9H,7H2,1-2H3/t9-/m0/s1. The van der Waals surface area contributed by atoms with Gasteiger partial charge in [0, 0.05) is 10.8 Å². The van der Waals surface area contributed by atoms with Crippen LogP contribution in [-0.2, 0) is 0 Å². The summed E-state index contributed by atoms with van der Waals surface area (Å²) < 4.78 is 0. The van der Waals surface area contributed by atoms with Crippen LogP contribution < -0.4 is 0 Å². The van der Waals surface area contributed by atoms with Crippen LogP contribution >= 0.6 is 0 Å². The Morgan fingerprint density at radius 2 is 1.92 bits per heavy atom.